The molecule has 3 rings (SSSR count). The number of ether oxygens (including phenoxy) is 2. The number of aliphatic hydroxyl groups is 2. The van der Waals surface area contributed by atoms with Crippen LogP contribution in [0.3, 0.4) is 0 Å². The van der Waals surface area contributed by atoms with Crippen LogP contribution in [0.25, 0.3) is 0 Å². The molecule has 2 heterocycles. The van der Waals surface area contributed by atoms with Crippen LogP contribution in [0, 0.1) is 16.2 Å². The number of nitrogens with zero attached hydrogens (tertiary/aromatic N) is 2. The molecule has 4 unspecified atom stereocenters. The fourth-order valence-corrected chi connectivity index (χ4v) is 6.74. The van der Waals surface area contributed by atoms with Crippen molar-refractivity contribution in [3.63, 3.8) is 0 Å². The number of phenolic OH excluding ortho intramolecular Hbond substituents is 1. The SMILES string of the molecule is CCC(Cc1ccc(O)c(C(C)(C)C)c1)(C(=O)OC1CC(O)C(C)(C)C(C)(C)N1C)C(=O)OC1CC(O)C(C)(C)C(C)(C)N1C. The Morgan fingerprint density at radius 2 is 1.22 bits per heavy atom. The number of rotatable bonds is 7. The molecule has 2 aliphatic rings. The molecule has 45 heavy (non-hydrogen) atoms. The van der Waals surface area contributed by atoms with E-state index in [1.165, 1.54) is 0 Å². The molecule has 256 valence electrons. The van der Waals surface area contributed by atoms with Crippen LogP contribution in [0.2, 0.25) is 0 Å². The van der Waals surface area contributed by atoms with Crippen LogP contribution in [-0.2, 0) is 30.9 Å². The predicted molar refractivity (Wildman–Crippen MR) is 175 cm³/mol. The maximum atomic E-state index is 14.5. The molecule has 2 aliphatic heterocycles. The van der Waals surface area contributed by atoms with Crippen molar-refractivity contribution in [2.75, 3.05) is 14.1 Å². The van der Waals surface area contributed by atoms with Gasteiger partial charge in [-0.25, -0.2) is 0 Å². The van der Waals surface area contributed by atoms with E-state index in [-0.39, 0.29) is 36.8 Å². The van der Waals surface area contributed by atoms with Crippen molar-refractivity contribution in [3.05, 3.63) is 29.3 Å². The summed E-state index contributed by atoms with van der Waals surface area (Å²) in [6, 6.07) is 5.16. The second-order valence-corrected chi connectivity index (χ2v) is 16.7. The van der Waals surface area contributed by atoms with Gasteiger partial charge in [-0.15, -0.1) is 0 Å². The number of carbonyl (C=O) groups is 2. The Labute approximate surface area is 271 Å². The molecule has 0 bridgehead atoms. The lowest BCUT2D eigenvalue weighted by atomic mass is 9.66. The molecule has 0 aliphatic carbocycles. The van der Waals surface area contributed by atoms with Crippen LogP contribution in [0.15, 0.2) is 18.2 Å². The van der Waals surface area contributed by atoms with Gasteiger partial charge >= 0.3 is 11.9 Å². The van der Waals surface area contributed by atoms with Gasteiger partial charge in [0.2, 0.25) is 0 Å². The molecule has 2 saturated heterocycles. The molecule has 0 radical (unpaired) electrons. The third kappa shape index (κ3) is 6.27. The molecular formula is C36H60N2O7. The predicted octanol–water partition coefficient (Wildman–Crippen LogP) is 5.37. The van der Waals surface area contributed by atoms with Crippen LogP contribution < -0.4 is 0 Å². The second kappa shape index (κ2) is 12.1. The Bertz CT molecular complexity index is 1200. The highest BCUT2D eigenvalue weighted by Gasteiger charge is 2.57. The van der Waals surface area contributed by atoms with Crippen LogP contribution in [0.5, 0.6) is 5.75 Å². The average molecular weight is 633 g/mol. The first-order valence-electron chi connectivity index (χ1n) is 16.4. The van der Waals surface area contributed by atoms with Crippen molar-refractivity contribution < 1.29 is 34.4 Å². The second-order valence-electron chi connectivity index (χ2n) is 16.7. The monoisotopic (exact) mass is 632 g/mol. The number of aromatic hydroxyl groups is 1. The van der Waals surface area contributed by atoms with E-state index in [2.05, 4.69) is 0 Å². The van der Waals surface area contributed by atoms with Crippen LogP contribution in [0.4, 0.5) is 0 Å². The molecule has 0 spiro atoms. The zero-order chi connectivity index (χ0) is 34.7. The number of esters is 2. The Kier molecular flexibility index (Phi) is 10.0. The van der Waals surface area contributed by atoms with E-state index < -0.39 is 63.9 Å². The lowest BCUT2D eigenvalue weighted by Crippen LogP contribution is -2.67. The summed E-state index contributed by atoms with van der Waals surface area (Å²) < 4.78 is 12.4. The number of likely N-dealkylation sites (tertiary alicyclic amines) is 2. The Morgan fingerprint density at radius 3 is 1.58 bits per heavy atom. The topological polar surface area (TPSA) is 120 Å². The van der Waals surface area contributed by atoms with Gasteiger partial charge in [0.25, 0.3) is 0 Å². The largest absolute Gasteiger partial charge is 0.508 e. The fraction of sp³-hybridized carbons (Fsp3) is 0.778. The van der Waals surface area contributed by atoms with Crippen LogP contribution in [-0.4, -0.2) is 86.9 Å². The fourth-order valence-electron chi connectivity index (χ4n) is 6.74. The van der Waals surface area contributed by atoms with E-state index in [1.54, 1.807) is 19.1 Å². The quantitative estimate of drug-likeness (QED) is 0.269. The first kappa shape index (κ1) is 37.3. The zero-order valence-electron chi connectivity index (χ0n) is 30.2. The lowest BCUT2D eigenvalue weighted by Gasteiger charge is -2.57. The van der Waals surface area contributed by atoms with E-state index in [4.69, 9.17) is 9.47 Å². The summed E-state index contributed by atoms with van der Waals surface area (Å²) in [5, 5.41) is 32.8. The summed E-state index contributed by atoms with van der Waals surface area (Å²) in [4.78, 5) is 32.8. The minimum absolute atomic E-state index is 0.00766. The van der Waals surface area contributed by atoms with Crippen molar-refractivity contribution in [2.45, 2.75) is 150 Å². The molecule has 9 nitrogen and oxygen atoms in total. The van der Waals surface area contributed by atoms with E-state index in [1.807, 2.05) is 106 Å². The van der Waals surface area contributed by atoms with Gasteiger partial charge in [0, 0.05) is 34.7 Å². The summed E-state index contributed by atoms with van der Waals surface area (Å²) in [5.74, 6) is -1.30. The highest BCUT2D eigenvalue weighted by Crippen LogP contribution is 2.48. The van der Waals surface area contributed by atoms with Crippen LogP contribution >= 0.6 is 0 Å². The standard InChI is InChI=1S/C36H60N2O7/c1-15-36(21-22-16-17-24(39)23(18-22)31(2,3)4,29(42)44-27-19-25(40)32(5,6)34(9,10)37(27)13)30(43)45-28-20-26(41)33(7,8)35(11,12)38(28)14/h16-18,25-28,39-41H,15,19-21H2,1-14H3. The molecule has 0 amide bonds. The summed E-state index contributed by atoms with van der Waals surface area (Å²) in [7, 11) is 3.74. The maximum absolute atomic E-state index is 14.5. The van der Waals surface area contributed by atoms with E-state index in [9.17, 15) is 24.9 Å². The number of benzene rings is 1. The molecule has 0 saturated carbocycles. The highest BCUT2D eigenvalue weighted by atomic mass is 16.6. The Hall–Kier alpha value is -2.20. The molecule has 3 N–H and O–H groups in total. The molecule has 2 fully saturated rings. The summed E-state index contributed by atoms with van der Waals surface area (Å²) in [6.07, 6.45) is -2.53. The molecule has 0 aromatic heterocycles. The molecular weight excluding hydrogens is 572 g/mol. The Morgan fingerprint density at radius 1 is 0.822 bits per heavy atom. The molecule has 4 atom stereocenters. The van der Waals surface area contributed by atoms with Gasteiger partial charge in [0.1, 0.15) is 5.75 Å². The molecule has 1 aromatic rings. The van der Waals surface area contributed by atoms with Crippen molar-refractivity contribution in [3.8, 4) is 5.75 Å². The van der Waals surface area contributed by atoms with E-state index in [0.717, 1.165) is 0 Å². The summed E-state index contributed by atoms with van der Waals surface area (Å²) in [6.45, 7) is 23.8. The van der Waals surface area contributed by atoms with Crippen molar-refractivity contribution in [1.82, 2.24) is 9.80 Å². The summed E-state index contributed by atoms with van der Waals surface area (Å²) in [5.41, 5.74) is -2.73. The third-order valence-corrected chi connectivity index (χ3v) is 12.5. The van der Waals surface area contributed by atoms with Gasteiger partial charge < -0.3 is 24.8 Å². The van der Waals surface area contributed by atoms with Crippen molar-refractivity contribution in [2.24, 2.45) is 16.2 Å². The molecule has 9 heteroatoms. The number of carbonyl (C=O) groups excluding carboxylic acids is 2. The maximum Gasteiger partial charge on any atom is 0.325 e. The van der Waals surface area contributed by atoms with Gasteiger partial charge in [-0.1, -0.05) is 67.5 Å². The first-order chi connectivity index (χ1) is 20.3. The normalized spacial score (nSPS) is 29.4. The molecule has 1 aromatic carbocycles. The summed E-state index contributed by atoms with van der Waals surface area (Å²) >= 11 is 0. The lowest BCUT2D eigenvalue weighted by molar-refractivity contribution is -0.224. The number of piperidine rings is 2. The van der Waals surface area contributed by atoms with E-state index in [0.29, 0.717) is 11.1 Å². The highest BCUT2D eigenvalue weighted by molar-refractivity contribution is 6.00. The number of hydrogen-bond donors (Lipinski definition) is 3. The number of hydrogen-bond acceptors (Lipinski definition) is 9. The van der Waals surface area contributed by atoms with Gasteiger partial charge in [-0.2, -0.15) is 0 Å². The Balaban J connectivity index is 2.07. The smallest absolute Gasteiger partial charge is 0.325 e. The number of phenols is 1. The minimum atomic E-state index is -1.72. The van der Waals surface area contributed by atoms with Gasteiger partial charge in [0.05, 0.1) is 12.2 Å². The van der Waals surface area contributed by atoms with Crippen LogP contribution in [0.1, 0.15) is 113 Å². The van der Waals surface area contributed by atoms with Gasteiger partial charge in [-0.3, -0.25) is 19.4 Å². The van der Waals surface area contributed by atoms with Crippen molar-refractivity contribution in [1.29, 1.82) is 0 Å². The van der Waals surface area contributed by atoms with Gasteiger partial charge in [-0.05, 0) is 77.2 Å². The number of aliphatic hydroxyl groups excluding tert-OH is 2. The minimum Gasteiger partial charge on any atom is -0.508 e. The van der Waals surface area contributed by atoms with Crippen molar-refractivity contribution >= 4 is 11.9 Å². The average Bonchev–Trinajstić information content (AvgIpc) is 2.92. The van der Waals surface area contributed by atoms with E-state index >= 15 is 0 Å². The van der Waals surface area contributed by atoms with Gasteiger partial charge in [0.15, 0.2) is 17.9 Å². The first-order valence-corrected chi connectivity index (χ1v) is 16.4. The third-order valence-electron chi connectivity index (χ3n) is 12.5. The zero-order valence-corrected chi connectivity index (χ0v) is 30.2.